The van der Waals surface area contributed by atoms with Crippen LogP contribution in [0, 0.1) is 25.7 Å². The first kappa shape index (κ1) is 15.6. The molecule has 1 aromatic carbocycles. The lowest BCUT2D eigenvalue weighted by Gasteiger charge is -2.30. The minimum Gasteiger partial charge on any atom is -0.352 e. The summed E-state index contributed by atoms with van der Waals surface area (Å²) in [5.41, 5.74) is 3.00. The van der Waals surface area contributed by atoms with Crippen LogP contribution in [-0.2, 0) is 0 Å². The Morgan fingerprint density at radius 3 is 2.65 bits per heavy atom. The molecule has 1 aliphatic carbocycles. The van der Waals surface area contributed by atoms with Crippen molar-refractivity contribution in [2.45, 2.75) is 39.5 Å². The van der Waals surface area contributed by atoms with Crippen LogP contribution in [0.3, 0.4) is 0 Å². The Morgan fingerprint density at radius 1 is 1.25 bits per heavy atom. The summed E-state index contributed by atoms with van der Waals surface area (Å²) in [4.78, 5) is 12.3. The van der Waals surface area contributed by atoms with Gasteiger partial charge in [0, 0.05) is 17.4 Å². The number of benzene rings is 1. The minimum absolute atomic E-state index is 0.0742. The van der Waals surface area contributed by atoms with Crippen molar-refractivity contribution in [2.75, 3.05) is 11.9 Å². The number of halogens is 1. The number of alkyl halides is 1. The van der Waals surface area contributed by atoms with E-state index in [1.165, 1.54) is 25.7 Å². The number of aryl methyl sites for hydroxylation is 2. The van der Waals surface area contributed by atoms with Crippen molar-refractivity contribution in [2.24, 2.45) is 11.8 Å². The molecule has 2 atom stereocenters. The first-order valence-corrected chi connectivity index (χ1v) is 8.65. The van der Waals surface area contributed by atoms with E-state index in [2.05, 4.69) is 21.2 Å². The van der Waals surface area contributed by atoms with Gasteiger partial charge in [-0.3, -0.25) is 4.79 Å². The third-order valence-electron chi connectivity index (χ3n) is 4.43. The highest BCUT2D eigenvalue weighted by Gasteiger charge is 2.24. The third-order valence-corrected chi connectivity index (χ3v) is 5.26. The van der Waals surface area contributed by atoms with Crippen LogP contribution in [0.2, 0.25) is 0 Å². The first-order valence-electron chi connectivity index (χ1n) is 7.53. The second-order valence-corrected chi connectivity index (χ2v) is 6.63. The summed E-state index contributed by atoms with van der Waals surface area (Å²) in [5, 5.41) is 4.19. The second kappa shape index (κ2) is 7.26. The Morgan fingerprint density at radius 2 is 1.95 bits per heavy atom. The minimum atomic E-state index is 0.0742. The monoisotopic (exact) mass is 337 g/mol. The highest BCUT2D eigenvalue weighted by molar-refractivity contribution is 9.09. The van der Waals surface area contributed by atoms with Crippen molar-refractivity contribution in [1.82, 2.24) is 5.32 Å². The number of carbonyl (C=O) groups excluding carboxylic acids is 1. The van der Waals surface area contributed by atoms with E-state index in [1.54, 1.807) is 0 Å². The Hall–Kier alpha value is -0.830. The van der Waals surface area contributed by atoms with Gasteiger partial charge in [-0.15, -0.1) is 0 Å². The molecule has 0 heterocycles. The van der Waals surface area contributed by atoms with Gasteiger partial charge in [-0.1, -0.05) is 46.5 Å². The van der Waals surface area contributed by atoms with E-state index in [-0.39, 0.29) is 5.91 Å². The molecule has 2 unspecified atom stereocenters. The number of carbonyl (C=O) groups is 1. The van der Waals surface area contributed by atoms with E-state index in [4.69, 9.17) is 0 Å². The zero-order valence-electron chi connectivity index (χ0n) is 12.4. The lowest BCUT2D eigenvalue weighted by Crippen LogP contribution is -2.35. The van der Waals surface area contributed by atoms with Crippen molar-refractivity contribution in [3.8, 4) is 0 Å². The van der Waals surface area contributed by atoms with E-state index in [9.17, 15) is 4.79 Å². The Kier molecular flexibility index (Phi) is 5.64. The molecule has 1 fully saturated rings. The second-order valence-electron chi connectivity index (χ2n) is 5.99. The van der Waals surface area contributed by atoms with Gasteiger partial charge in [-0.05, 0) is 50.2 Å². The van der Waals surface area contributed by atoms with Crippen molar-refractivity contribution in [3.05, 3.63) is 34.9 Å². The summed E-state index contributed by atoms with van der Waals surface area (Å²) in [7, 11) is 0. The van der Waals surface area contributed by atoms with E-state index in [0.29, 0.717) is 11.8 Å². The average Bonchev–Trinajstić information content (AvgIpc) is 2.47. The Labute approximate surface area is 130 Å². The fraction of sp³-hybridized carbons (Fsp3) is 0.588. The van der Waals surface area contributed by atoms with Gasteiger partial charge in [-0.2, -0.15) is 0 Å². The smallest absolute Gasteiger partial charge is 0.251 e. The zero-order valence-corrected chi connectivity index (χ0v) is 14.0. The number of hydrogen-bond donors (Lipinski definition) is 1. The normalized spacial score (nSPS) is 22.6. The number of nitrogens with one attached hydrogen (secondary N) is 1. The van der Waals surface area contributed by atoms with Crippen LogP contribution >= 0.6 is 15.9 Å². The maximum atomic E-state index is 12.3. The molecule has 110 valence electrons. The molecule has 3 heteroatoms. The quantitative estimate of drug-likeness (QED) is 0.818. The van der Waals surface area contributed by atoms with Crippen LogP contribution in [0.5, 0.6) is 0 Å². The molecular weight excluding hydrogens is 314 g/mol. The van der Waals surface area contributed by atoms with Crippen LogP contribution < -0.4 is 5.32 Å². The van der Waals surface area contributed by atoms with E-state index >= 15 is 0 Å². The highest BCUT2D eigenvalue weighted by Crippen LogP contribution is 2.30. The summed E-state index contributed by atoms with van der Waals surface area (Å²) < 4.78 is 0. The summed E-state index contributed by atoms with van der Waals surface area (Å²) in [6.07, 6.45) is 5.16. The van der Waals surface area contributed by atoms with E-state index in [1.807, 2.05) is 32.0 Å². The van der Waals surface area contributed by atoms with Crippen LogP contribution in [-0.4, -0.2) is 17.8 Å². The molecule has 0 radical (unpaired) electrons. The number of rotatable bonds is 4. The predicted octanol–water partition coefficient (Wildman–Crippen LogP) is 4.23. The summed E-state index contributed by atoms with van der Waals surface area (Å²) in [5.74, 6) is 1.41. The highest BCUT2D eigenvalue weighted by atomic mass is 79.9. The van der Waals surface area contributed by atoms with Gasteiger partial charge in [0.05, 0.1) is 0 Å². The molecule has 1 aromatic rings. The van der Waals surface area contributed by atoms with Gasteiger partial charge >= 0.3 is 0 Å². The van der Waals surface area contributed by atoms with Gasteiger partial charge in [0.25, 0.3) is 5.91 Å². The first-order chi connectivity index (χ1) is 9.61. The molecule has 2 nitrogen and oxygen atoms in total. The van der Waals surface area contributed by atoms with Gasteiger partial charge in [0.1, 0.15) is 0 Å². The van der Waals surface area contributed by atoms with Crippen LogP contribution in [0.4, 0.5) is 0 Å². The fourth-order valence-electron chi connectivity index (χ4n) is 3.06. The van der Waals surface area contributed by atoms with Gasteiger partial charge < -0.3 is 5.32 Å². The lowest BCUT2D eigenvalue weighted by atomic mass is 9.80. The third kappa shape index (κ3) is 3.85. The van der Waals surface area contributed by atoms with Crippen LogP contribution in [0.1, 0.15) is 47.2 Å². The zero-order chi connectivity index (χ0) is 14.5. The largest absolute Gasteiger partial charge is 0.352 e. The van der Waals surface area contributed by atoms with Crippen LogP contribution in [0.25, 0.3) is 0 Å². The van der Waals surface area contributed by atoms with Crippen molar-refractivity contribution < 1.29 is 4.79 Å². The topological polar surface area (TPSA) is 29.1 Å². The van der Waals surface area contributed by atoms with Crippen molar-refractivity contribution in [1.29, 1.82) is 0 Å². The van der Waals surface area contributed by atoms with Crippen molar-refractivity contribution in [3.63, 3.8) is 0 Å². The van der Waals surface area contributed by atoms with Gasteiger partial charge in [-0.25, -0.2) is 0 Å². The maximum Gasteiger partial charge on any atom is 0.251 e. The molecule has 20 heavy (non-hydrogen) atoms. The molecule has 0 aliphatic heterocycles. The molecule has 1 saturated carbocycles. The lowest BCUT2D eigenvalue weighted by molar-refractivity contribution is 0.0936. The Balaban J connectivity index is 1.96. The number of hydrogen-bond acceptors (Lipinski definition) is 1. The van der Waals surface area contributed by atoms with E-state index < -0.39 is 0 Å². The SMILES string of the molecule is Cc1ccc(C)c(C(=O)NCC2CCCCC2CBr)c1. The standard InChI is InChI=1S/C17H24BrNO/c1-12-7-8-13(2)16(9-12)17(20)19-11-15-6-4-3-5-14(15)10-18/h7-9,14-15H,3-6,10-11H2,1-2H3,(H,19,20). The maximum absolute atomic E-state index is 12.3. The molecule has 2 rings (SSSR count). The molecule has 0 spiro atoms. The van der Waals surface area contributed by atoms with Crippen LogP contribution in [0.15, 0.2) is 18.2 Å². The molecule has 0 bridgehead atoms. The van der Waals surface area contributed by atoms with Gasteiger partial charge in [0.15, 0.2) is 0 Å². The Bertz CT molecular complexity index is 472. The van der Waals surface area contributed by atoms with E-state index in [0.717, 1.165) is 28.6 Å². The molecule has 1 aliphatic rings. The molecular formula is C17H24BrNO. The molecule has 1 N–H and O–H groups in total. The molecule has 1 amide bonds. The average molecular weight is 338 g/mol. The molecule has 0 saturated heterocycles. The molecule has 0 aromatic heterocycles. The van der Waals surface area contributed by atoms with Crippen molar-refractivity contribution >= 4 is 21.8 Å². The summed E-state index contributed by atoms with van der Waals surface area (Å²) in [6.45, 7) is 4.83. The summed E-state index contributed by atoms with van der Waals surface area (Å²) >= 11 is 3.61. The fourth-order valence-corrected chi connectivity index (χ4v) is 3.91. The predicted molar refractivity (Wildman–Crippen MR) is 87.5 cm³/mol. The van der Waals surface area contributed by atoms with Gasteiger partial charge in [0.2, 0.25) is 0 Å². The number of amides is 1. The summed E-state index contributed by atoms with van der Waals surface area (Å²) in [6, 6.07) is 6.05.